The zero-order valence-electron chi connectivity index (χ0n) is 5.33. The Labute approximate surface area is 62.9 Å². The van der Waals surface area contributed by atoms with Crippen LogP contribution in [0.4, 0.5) is 0 Å². The van der Waals surface area contributed by atoms with Gasteiger partial charge in [-0.3, -0.25) is 4.79 Å². The lowest BCUT2D eigenvalue weighted by Crippen LogP contribution is -2.40. The second kappa shape index (κ2) is 2.09. The second-order valence-corrected chi connectivity index (χ2v) is 3.32. The molecule has 10 heavy (non-hydrogen) atoms. The molecule has 1 aromatic heterocycles. The summed E-state index contributed by atoms with van der Waals surface area (Å²) in [5.74, 6) is 0.165. The summed E-state index contributed by atoms with van der Waals surface area (Å²) in [6, 6.07) is 4.37. The fraction of sp³-hybridized carbons (Fsp3) is 0.286. The summed E-state index contributed by atoms with van der Waals surface area (Å²) < 4.78 is 0. The van der Waals surface area contributed by atoms with E-state index in [0.29, 0.717) is 12.5 Å². The van der Waals surface area contributed by atoms with Crippen molar-refractivity contribution < 1.29 is 4.79 Å². The lowest BCUT2D eigenvalue weighted by atomic mass is 10.1. The van der Waals surface area contributed by atoms with Crippen molar-refractivity contribution in [2.24, 2.45) is 0 Å². The van der Waals surface area contributed by atoms with E-state index in [1.54, 1.807) is 11.3 Å². The van der Waals surface area contributed by atoms with Gasteiger partial charge in [0, 0.05) is 4.88 Å². The van der Waals surface area contributed by atoms with Crippen LogP contribution in [0.3, 0.4) is 0 Å². The van der Waals surface area contributed by atoms with Gasteiger partial charge in [-0.2, -0.15) is 0 Å². The van der Waals surface area contributed by atoms with Gasteiger partial charge >= 0.3 is 0 Å². The molecule has 1 saturated heterocycles. The van der Waals surface area contributed by atoms with Crippen molar-refractivity contribution in [3.63, 3.8) is 0 Å². The van der Waals surface area contributed by atoms with E-state index in [-0.39, 0.29) is 5.91 Å². The number of rotatable bonds is 1. The predicted molar refractivity (Wildman–Crippen MR) is 39.8 cm³/mol. The van der Waals surface area contributed by atoms with Crippen molar-refractivity contribution in [3.05, 3.63) is 22.4 Å². The van der Waals surface area contributed by atoms with Crippen molar-refractivity contribution in [2.75, 3.05) is 0 Å². The van der Waals surface area contributed by atoms with Crippen molar-refractivity contribution in [2.45, 2.75) is 12.5 Å². The predicted octanol–water partition coefficient (Wildman–Crippen LogP) is 1.31. The van der Waals surface area contributed by atoms with Crippen molar-refractivity contribution in [1.29, 1.82) is 0 Å². The third kappa shape index (κ3) is 0.827. The van der Waals surface area contributed by atoms with Crippen LogP contribution in [-0.4, -0.2) is 5.91 Å². The van der Waals surface area contributed by atoms with Crippen LogP contribution in [0.15, 0.2) is 17.5 Å². The highest BCUT2D eigenvalue weighted by Crippen LogP contribution is 2.26. The summed E-state index contributed by atoms with van der Waals surface area (Å²) in [6.45, 7) is 0. The van der Waals surface area contributed by atoms with E-state index in [9.17, 15) is 4.79 Å². The fourth-order valence-corrected chi connectivity index (χ4v) is 1.80. The first-order chi connectivity index (χ1) is 4.86. The number of thiophene rings is 1. The van der Waals surface area contributed by atoms with Crippen LogP contribution >= 0.6 is 11.3 Å². The van der Waals surface area contributed by atoms with Gasteiger partial charge in [0.15, 0.2) is 0 Å². The van der Waals surface area contributed by atoms with Gasteiger partial charge in [-0.1, -0.05) is 6.07 Å². The van der Waals surface area contributed by atoms with Crippen LogP contribution < -0.4 is 5.32 Å². The Morgan fingerprint density at radius 1 is 1.70 bits per heavy atom. The second-order valence-electron chi connectivity index (χ2n) is 2.34. The van der Waals surface area contributed by atoms with E-state index < -0.39 is 0 Å². The normalized spacial score (nSPS) is 23.6. The van der Waals surface area contributed by atoms with Gasteiger partial charge in [0.25, 0.3) is 0 Å². The Bertz CT molecular complexity index is 234. The van der Waals surface area contributed by atoms with Gasteiger partial charge in [0.1, 0.15) is 0 Å². The quantitative estimate of drug-likeness (QED) is 0.605. The monoisotopic (exact) mass is 153 g/mol. The molecule has 0 aromatic carbocycles. The van der Waals surface area contributed by atoms with Gasteiger partial charge in [-0.05, 0) is 11.4 Å². The minimum atomic E-state index is 0.165. The number of β-lactam (4-membered cyclic amide) rings is 1. The topological polar surface area (TPSA) is 29.1 Å². The molecule has 1 aliphatic rings. The molecule has 2 rings (SSSR count). The summed E-state index contributed by atoms with van der Waals surface area (Å²) in [6.07, 6.45) is 0.667. The Balaban J connectivity index is 2.10. The van der Waals surface area contributed by atoms with Crippen LogP contribution in [-0.2, 0) is 4.79 Å². The molecule has 0 unspecified atom stereocenters. The number of hydrogen-bond donors (Lipinski definition) is 1. The average Bonchev–Trinajstić information content (AvgIpc) is 2.31. The minimum Gasteiger partial charge on any atom is -0.348 e. The summed E-state index contributed by atoms with van der Waals surface area (Å²) >= 11 is 1.69. The maximum Gasteiger partial charge on any atom is 0.222 e. The highest BCUT2D eigenvalue weighted by molar-refractivity contribution is 7.10. The van der Waals surface area contributed by atoms with E-state index >= 15 is 0 Å². The molecule has 1 aromatic rings. The van der Waals surface area contributed by atoms with E-state index in [1.807, 2.05) is 11.4 Å². The molecule has 0 spiro atoms. The molecule has 3 heteroatoms. The summed E-state index contributed by atoms with van der Waals surface area (Å²) in [7, 11) is 0. The molecule has 2 nitrogen and oxygen atoms in total. The molecule has 1 atom stereocenters. The van der Waals surface area contributed by atoms with Crippen LogP contribution in [0.2, 0.25) is 0 Å². The van der Waals surface area contributed by atoms with Crippen molar-refractivity contribution >= 4 is 17.2 Å². The number of carbonyl (C=O) groups excluding carboxylic acids is 1. The molecule has 1 aliphatic heterocycles. The Kier molecular flexibility index (Phi) is 1.24. The summed E-state index contributed by atoms with van der Waals surface area (Å²) in [5.41, 5.74) is 0. The lowest BCUT2D eigenvalue weighted by Gasteiger charge is -2.25. The molecular weight excluding hydrogens is 146 g/mol. The number of carbonyl (C=O) groups is 1. The highest BCUT2D eigenvalue weighted by Gasteiger charge is 2.26. The van der Waals surface area contributed by atoms with E-state index in [2.05, 4.69) is 11.4 Å². The van der Waals surface area contributed by atoms with Crippen molar-refractivity contribution in [1.82, 2.24) is 5.32 Å². The lowest BCUT2D eigenvalue weighted by molar-refractivity contribution is -0.128. The van der Waals surface area contributed by atoms with Gasteiger partial charge in [-0.25, -0.2) is 0 Å². The molecule has 0 aliphatic carbocycles. The maximum absolute atomic E-state index is 10.5. The van der Waals surface area contributed by atoms with Crippen molar-refractivity contribution in [3.8, 4) is 0 Å². The number of amides is 1. The number of nitrogens with one attached hydrogen (secondary N) is 1. The molecule has 0 radical (unpaired) electrons. The third-order valence-electron chi connectivity index (χ3n) is 1.61. The third-order valence-corrected chi connectivity index (χ3v) is 2.60. The Morgan fingerprint density at radius 3 is 3.00 bits per heavy atom. The average molecular weight is 153 g/mol. The SMILES string of the molecule is O=C1C[C@@H](c2cccs2)N1. The highest BCUT2D eigenvalue weighted by atomic mass is 32.1. The van der Waals surface area contributed by atoms with Crippen LogP contribution in [0.25, 0.3) is 0 Å². The van der Waals surface area contributed by atoms with Gasteiger partial charge in [0.2, 0.25) is 5.91 Å². The number of hydrogen-bond acceptors (Lipinski definition) is 2. The first kappa shape index (κ1) is 5.92. The largest absolute Gasteiger partial charge is 0.348 e. The van der Waals surface area contributed by atoms with E-state index in [1.165, 1.54) is 4.88 Å². The zero-order valence-corrected chi connectivity index (χ0v) is 6.15. The summed E-state index contributed by atoms with van der Waals surface area (Å²) in [4.78, 5) is 11.8. The summed E-state index contributed by atoms with van der Waals surface area (Å²) in [5, 5.41) is 4.84. The van der Waals surface area contributed by atoms with Crippen LogP contribution in [0, 0.1) is 0 Å². The molecule has 1 fully saturated rings. The molecular formula is C7H7NOS. The molecule has 0 bridgehead atoms. The van der Waals surface area contributed by atoms with E-state index in [4.69, 9.17) is 0 Å². The standard InChI is InChI=1S/C7H7NOS/c9-7-4-5(8-7)6-2-1-3-10-6/h1-3,5H,4H2,(H,8,9)/t5-/m0/s1. The molecule has 1 amide bonds. The Morgan fingerprint density at radius 2 is 2.50 bits per heavy atom. The molecule has 52 valence electrons. The van der Waals surface area contributed by atoms with Crippen LogP contribution in [0.1, 0.15) is 17.3 Å². The molecule has 0 saturated carbocycles. The first-order valence-corrected chi connectivity index (χ1v) is 4.07. The van der Waals surface area contributed by atoms with E-state index in [0.717, 1.165) is 0 Å². The zero-order chi connectivity index (χ0) is 6.97. The van der Waals surface area contributed by atoms with Crippen LogP contribution in [0.5, 0.6) is 0 Å². The first-order valence-electron chi connectivity index (χ1n) is 3.19. The van der Waals surface area contributed by atoms with Gasteiger partial charge < -0.3 is 5.32 Å². The fourth-order valence-electron chi connectivity index (χ4n) is 1.02. The minimum absolute atomic E-state index is 0.165. The maximum atomic E-state index is 10.5. The Hall–Kier alpha value is -0.830. The molecule has 2 heterocycles. The smallest absolute Gasteiger partial charge is 0.222 e. The van der Waals surface area contributed by atoms with Gasteiger partial charge in [-0.15, -0.1) is 11.3 Å². The van der Waals surface area contributed by atoms with Gasteiger partial charge in [0.05, 0.1) is 12.5 Å². The molecule has 1 N–H and O–H groups in total.